The van der Waals surface area contributed by atoms with Crippen LogP contribution in [0.25, 0.3) is 10.9 Å². The van der Waals surface area contributed by atoms with Crippen LogP contribution in [0.3, 0.4) is 0 Å². The molecule has 0 bridgehead atoms. The molecule has 0 radical (unpaired) electrons. The van der Waals surface area contributed by atoms with Crippen LogP contribution in [0, 0.1) is 0 Å². The highest BCUT2D eigenvalue weighted by atomic mass is 35.5. The predicted molar refractivity (Wildman–Crippen MR) is 113 cm³/mol. The smallest absolute Gasteiger partial charge is 0.264 e. The number of amides is 1. The van der Waals surface area contributed by atoms with Gasteiger partial charge in [-0.3, -0.25) is 9.59 Å². The maximum absolute atomic E-state index is 12.7. The normalized spacial score (nSPS) is 10.7. The average molecular weight is 417 g/mol. The number of para-hydroxylation sites is 1. The number of methoxy groups -OCH3 is 2. The summed E-state index contributed by atoms with van der Waals surface area (Å²) in [5, 5.41) is 1.09. The van der Waals surface area contributed by atoms with Gasteiger partial charge < -0.3 is 23.7 Å². The summed E-state index contributed by atoms with van der Waals surface area (Å²) < 4.78 is 17.8. The fourth-order valence-corrected chi connectivity index (χ4v) is 3.21. The molecule has 0 aliphatic heterocycles. The fraction of sp³-hybridized carbons (Fsp3) is 0.238. The van der Waals surface area contributed by atoms with Crippen LogP contribution in [0.4, 0.5) is 5.69 Å². The number of rotatable bonds is 6. The molecule has 0 aliphatic rings. The maximum Gasteiger partial charge on any atom is 0.264 e. The second-order valence-electron chi connectivity index (χ2n) is 6.32. The lowest BCUT2D eigenvalue weighted by Gasteiger charge is -2.21. The van der Waals surface area contributed by atoms with Gasteiger partial charge in [-0.25, -0.2) is 0 Å². The zero-order chi connectivity index (χ0) is 21.1. The van der Waals surface area contributed by atoms with Gasteiger partial charge in [-0.15, -0.1) is 0 Å². The Morgan fingerprint density at radius 3 is 2.45 bits per heavy atom. The van der Waals surface area contributed by atoms with Crippen molar-refractivity contribution < 1.29 is 19.0 Å². The van der Waals surface area contributed by atoms with E-state index in [4.69, 9.17) is 25.8 Å². The van der Waals surface area contributed by atoms with Crippen LogP contribution in [0.1, 0.15) is 0 Å². The molecule has 8 heteroatoms. The number of aromatic nitrogens is 1. The third-order valence-electron chi connectivity index (χ3n) is 4.66. The SMILES string of the molecule is COc1cc(OC)c(N(C)C(=O)COc2cc(=O)n(C)c3ccccc23)cc1Cl. The summed E-state index contributed by atoms with van der Waals surface area (Å²) in [4.78, 5) is 26.3. The zero-order valence-electron chi connectivity index (χ0n) is 16.6. The molecule has 0 unspecified atom stereocenters. The third-order valence-corrected chi connectivity index (χ3v) is 4.95. The van der Waals surface area contributed by atoms with Crippen molar-refractivity contribution in [3.8, 4) is 17.2 Å². The molecule has 2 aromatic carbocycles. The topological polar surface area (TPSA) is 70.0 Å². The highest BCUT2D eigenvalue weighted by Crippen LogP contribution is 2.37. The molecule has 0 saturated heterocycles. The number of carbonyl (C=O) groups excluding carboxylic acids is 1. The number of ether oxygens (including phenoxy) is 3. The van der Waals surface area contributed by atoms with Crippen LogP contribution >= 0.6 is 11.6 Å². The highest BCUT2D eigenvalue weighted by molar-refractivity contribution is 6.32. The fourth-order valence-electron chi connectivity index (χ4n) is 2.98. The summed E-state index contributed by atoms with van der Waals surface area (Å²) in [5.74, 6) is 0.886. The van der Waals surface area contributed by atoms with E-state index in [0.717, 1.165) is 10.9 Å². The molecule has 1 amide bonds. The van der Waals surface area contributed by atoms with Crippen LogP contribution in [0.2, 0.25) is 5.02 Å². The van der Waals surface area contributed by atoms with Crippen molar-refractivity contribution in [3.63, 3.8) is 0 Å². The van der Waals surface area contributed by atoms with Gasteiger partial charge in [0.15, 0.2) is 6.61 Å². The summed E-state index contributed by atoms with van der Waals surface area (Å²) in [6, 6.07) is 11.9. The van der Waals surface area contributed by atoms with Crippen molar-refractivity contribution in [2.75, 3.05) is 32.8 Å². The van der Waals surface area contributed by atoms with Crippen LogP contribution in [0.5, 0.6) is 17.2 Å². The number of carbonyl (C=O) groups is 1. The molecule has 0 spiro atoms. The van der Waals surface area contributed by atoms with Crippen molar-refractivity contribution in [2.45, 2.75) is 0 Å². The number of hydrogen-bond donors (Lipinski definition) is 0. The van der Waals surface area contributed by atoms with Gasteiger partial charge in [0, 0.05) is 31.6 Å². The largest absolute Gasteiger partial charge is 0.495 e. The van der Waals surface area contributed by atoms with Crippen molar-refractivity contribution in [1.29, 1.82) is 0 Å². The summed E-state index contributed by atoms with van der Waals surface area (Å²) in [6.07, 6.45) is 0. The van der Waals surface area contributed by atoms with Crippen LogP contribution in [-0.4, -0.2) is 38.3 Å². The first-order valence-electron chi connectivity index (χ1n) is 8.77. The minimum absolute atomic E-state index is 0.219. The van der Waals surface area contributed by atoms with Gasteiger partial charge in [-0.1, -0.05) is 23.7 Å². The summed E-state index contributed by atoms with van der Waals surface area (Å²) in [7, 11) is 6.27. The first kappa shape index (κ1) is 20.5. The Kier molecular flexibility index (Phi) is 5.98. The van der Waals surface area contributed by atoms with Crippen molar-refractivity contribution >= 4 is 34.1 Å². The van der Waals surface area contributed by atoms with Gasteiger partial charge in [0.2, 0.25) is 0 Å². The third kappa shape index (κ3) is 4.00. The molecule has 0 atom stereocenters. The van der Waals surface area contributed by atoms with Gasteiger partial charge in [0.05, 0.1) is 30.4 Å². The Morgan fingerprint density at radius 1 is 1.07 bits per heavy atom. The standard InChI is InChI=1S/C21H21ClN2O5/c1-23-15-8-6-5-7-13(15)17(11-20(23)25)29-12-21(26)24(2)16-9-14(22)18(27-3)10-19(16)28-4/h5-11H,12H2,1-4H3. The average Bonchev–Trinajstić information content (AvgIpc) is 2.74. The van der Waals surface area contributed by atoms with Gasteiger partial charge in [0.1, 0.15) is 17.2 Å². The molecule has 0 fully saturated rings. The Bertz CT molecular complexity index is 1130. The summed E-state index contributed by atoms with van der Waals surface area (Å²) in [6.45, 7) is -0.263. The Morgan fingerprint density at radius 2 is 1.76 bits per heavy atom. The molecule has 3 aromatic rings. The molecule has 3 rings (SSSR count). The lowest BCUT2D eigenvalue weighted by atomic mass is 10.2. The number of pyridine rings is 1. The Labute approximate surface area is 173 Å². The molecule has 1 heterocycles. The maximum atomic E-state index is 12.7. The first-order valence-corrected chi connectivity index (χ1v) is 9.14. The molecule has 7 nitrogen and oxygen atoms in total. The van der Waals surface area contributed by atoms with Crippen molar-refractivity contribution in [3.05, 3.63) is 57.8 Å². The molecule has 152 valence electrons. The van der Waals surface area contributed by atoms with E-state index in [1.54, 1.807) is 26.2 Å². The van der Waals surface area contributed by atoms with Crippen LogP contribution in [0.15, 0.2) is 47.3 Å². The number of hydrogen-bond acceptors (Lipinski definition) is 5. The lowest BCUT2D eigenvalue weighted by Crippen LogP contribution is -2.32. The summed E-state index contributed by atoms with van der Waals surface area (Å²) >= 11 is 6.19. The lowest BCUT2D eigenvalue weighted by molar-refractivity contribution is -0.120. The van der Waals surface area contributed by atoms with Gasteiger partial charge in [-0.05, 0) is 18.2 Å². The van der Waals surface area contributed by atoms with Gasteiger partial charge in [-0.2, -0.15) is 0 Å². The monoisotopic (exact) mass is 416 g/mol. The second kappa shape index (κ2) is 8.45. The molecular weight excluding hydrogens is 396 g/mol. The quantitative estimate of drug-likeness (QED) is 0.617. The molecule has 0 saturated carbocycles. The highest BCUT2D eigenvalue weighted by Gasteiger charge is 2.19. The number of nitrogens with zero attached hydrogens (tertiary/aromatic N) is 2. The Balaban J connectivity index is 1.85. The molecule has 0 N–H and O–H groups in total. The van der Waals surface area contributed by atoms with Crippen molar-refractivity contribution in [2.24, 2.45) is 7.05 Å². The second-order valence-corrected chi connectivity index (χ2v) is 6.73. The van der Waals surface area contributed by atoms with E-state index in [1.807, 2.05) is 24.3 Å². The van der Waals surface area contributed by atoms with Crippen LogP contribution < -0.4 is 24.7 Å². The van der Waals surface area contributed by atoms with Gasteiger partial charge >= 0.3 is 0 Å². The zero-order valence-corrected chi connectivity index (χ0v) is 17.3. The number of fused-ring (bicyclic) bond motifs is 1. The van der Waals surface area contributed by atoms with E-state index >= 15 is 0 Å². The number of benzene rings is 2. The van der Waals surface area contributed by atoms with E-state index in [2.05, 4.69) is 0 Å². The van der Waals surface area contributed by atoms with Crippen molar-refractivity contribution in [1.82, 2.24) is 4.57 Å². The van der Waals surface area contributed by atoms with E-state index in [-0.39, 0.29) is 18.1 Å². The summed E-state index contributed by atoms with van der Waals surface area (Å²) in [5.41, 5.74) is 0.975. The van der Waals surface area contributed by atoms with E-state index in [0.29, 0.717) is 28.0 Å². The van der Waals surface area contributed by atoms with E-state index in [9.17, 15) is 9.59 Å². The minimum Gasteiger partial charge on any atom is -0.495 e. The molecule has 0 aliphatic carbocycles. The minimum atomic E-state index is -0.339. The number of aryl methyl sites for hydroxylation is 1. The van der Waals surface area contributed by atoms with Crippen LogP contribution in [-0.2, 0) is 11.8 Å². The number of anilines is 1. The number of halogens is 1. The van der Waals surface area contributed by atoms with Gasteiger partial charge in [0.25, 0.3) is 11.5 Å². The van der Waals surface area contributed by atoms with E-state index < -0.39 is 0 Å². The van der Waals surface area contributed by atoms with E-state index in [1.165, 1.54) is 29.8 Å². The predicted octanol–water partition coefficient (Wildman–Crippen LogP) is 3.25. The molecular formula is C21H21ClN2O5. The first-order chi connectivity index (χ1) is 13.9. The molecule has 1 aromatic heterocycles. The number of likely N-dealkylation sites (N-methyl/N-ethyl adjacent to an activating group) is 1. The molecule has 29 heavy (non-hydrogen) atoms. The Hall–Kier alpha value is -3.19.